The van der Waals surface area contributed by atoms with Gasteiger partial charge in [0.1, 0.15) is 0 Å². The van der Waals surface area contributed by atoms with E-state index in [0.717, 1.165) is 12.1 Å². The Bertz CT molecular complexity index is 1140. The molecule has 12 nitrogen and oxygen atoms in total. The van der Waals surface area contributed by atoms with Crippen molar-refractivity contribution in [1.82, 2.24) is 9.44 Å². The molecule has 0 aliphatic carbocycles. The number of sulfonamides is 2. The molecule has 0 spiro atoms. The molecule has 2 saturated heterocycles. The van der Waals surface area contributed by atoms with Crippen LogP contribution in [0.1, 0.15) is 0 Å². The topological polar surface area (TPSA) is 180 Å². The normalized spacial score (nSPS) is 16.9. The number of hydrogen-bond acceptors (Lipinski definition) is 9. The fourth-order valence-corrected chi connectivity index (χ4v) is 4.99. The van der Waals surface area contributed by atoms with E-state index in [1.165, 1.54) is 24.3 Å². The predicted molar refractivity (Wildman–Crippen MR) is 114 cm³/mol. The fourth-order valence-electron chi connectivity index (χ4n) is 2.58. The van der Waals surface area contributed by atoms with Crippen LogP contribution in [0.15, 0.2) is 58.3 Å². The molecule has 0 radical (unpaired) electrons. The van der Waals surface area contributed by atoms with Crippen LogP contribution >= 0.6 is 0 Å². The van der Waals surface area contributed by atoms with Gasteiger partial charge in [-0.1, -0.05) is 0 Å². The summed E-state index contributed by atoms with van der Waals surface area (Å²) in [6.45, 7) is 1.58. The predicted octanol–water partition coefficient (Wildman–Crippen LogP) is 0.218. The smallest absolute Gasteiger partial charge is 0.269 e. The van der Waals surface area contributed by atoms with E-state index < -0.39 is 25.0 Å². The molecule has 2 aliphatic heterocycles. The third-order valence-corrected chi connectivity index (χ3v) is 7.54. The van der Waals surface area contributed by atoms with Gasteiger partial charge in [0.25, 0.3) is 5.69 Å². The average molecular weight is 487 g/mol. The van der Waals surface area contributed by atoms with E-state index in [2.05, 4.69) is 9.44 Å². The van der Waals surface area contributed by atoms with Gasteiger partial charge in [-0.2, -0.15) is 0 Å². The number of benzene rings is 2. The lowest BCUT2D eigenvalue weighted by molar-refractivity contribution is -0.384. The summed E-state index contributed by atoms with van der Waals surface area (Å²) in [6.07, 6.45) is 0. The third kappa shape index (κ3) is 6.21. The van der Waals surface area contributed by atoms with E-state index in [4.69, 9.17) is 15.2 Å². The number of anilines is 1. The second kappa shape index (κ2) is 9.89. The van der Waals surface area contributed by atoms with Gasteiger partial charge in [0, 0.05) is 17.8 Å². The summed E-state index contributed by atoms with van der Waals surface area (Å²) in [6, 6.07) is 10.5. The van der Waals surface area contributed by atoms with Crippen molar-refractivity contribution in [3.8, 4) is 0 Å². The molecule has 2 heterocycles. The minimum Gasteiger partial charge on any atom is -0.399 e. The first kappa shape index (κ1) is 24.0. The lowest BCUT2D eigenvalue weighted by atomic mass is 10.3. The molecule has 0 saturated carbocycles. The molecule has 0 aromatic heterocycles. The summed E-state index contributed by atoms with van der Waals surface area (Å²) in [5.41, 5.74) is 5.87. The molecule has 0 bridgehead atoms. The molecule has 2 aromatic carbocycles. The molecule has 2 fully saturated rings. The first-order valence-corrected chi connectivity index (χ1v) is 12.3. The lowest BCUT2D eigenvalue weighted by Crippen LogP contribution is -2.48. The van der Waals surface area contributed by atoms with Crippen molar-refractivity contribution in [2.45, 2.75) is 21.9 Å². The fraction of sp³-hybridized carbons (Fsp3) is 0.333. The second-order valence-electron chi connectivity index (χ2n) is 7.03. The summed E-state index contributed by atoms with van der Waals surface area (Å²) < 4.78 is 61.7. The van der Waals surface area contributed by atoms with Crippen LogP contribution in [0.5, 0.6) is 0 Å². The van der Waals surface area contributed by atoms with Gasteiger partial charge in [-0.15, -0.1) is 0 Å². The largest absolute Gasteiger partial charge is 0.399 e. The summed E-state index contributed by atoms with van der Waals surface area (Å²) in [5.74, 6) is 0. The van der Waals surface area contributed by atoms with Gasteiger partial charge in [-0.25, -0.2) is 26.3 Å². The first-order valence-electron chi connectivity index (χ1n) is 9.37. The maximum atomic E-state index is 11.8. The molecule has 32 heavy (non-hydrogen) atoms. The molecule has 0 atom stereocenters. The Hall–Kier alpha value is -2.62. The van der Waals surface area contributed by atoms with Gasteiger partial charge in [0.2, 0.25) is 20.0 Å². The number of nitrogens with zero attached hydrogens (tertiary/aromatic N) is 1. The Morgan fingerprint density at radius 3 is 1.47 bits per heavy atom. The van der Waals surface area contributed by atoms with Crippen LogP contribution in [0, 0.1) is 10.1 Å². The quantitative estimate of drug-likeness (QED) is 0.280. The molecular formula is C18H22N4O8S2. The van der Waals surface area contributed by atoms with Gasteiger partial charge >= 0.3 is 0 Å². The Kier molecular flexibility index (Phi) is 7.43. The highest BCUT2D eigenvalue weighted by Gasteiger charge is 2.26. The van der Waals surface area contributed by atoms with Gasteiger partial charge in [-0.3, -0.25) is 10.1 Å². The van der Waals surface area contributed by atoms with Crippen molar-refractivity contribution < 1.29 is 31.2 Å². The third-order valence-electron chi connectivity index (χ3n) is 4.47. The van der Waals surface area contributed by atoms with Gasteiger partial charge < -0.3 is 15.2 Å². The minimum absolute atomic E-state index is 0.00926. The number of nitrogen functional groups attached to an aromatic ring is 1. The Morgan fingerprint density at radius 1 is 0.781 bits per heavy atom. The van der Waals surface area contributed by atoms with Crippen molar-refractivity contribution in [3.63, 3.8) is 0 Å². The SMILES string of the molecule is Nc1ccc(S(=O)(=O)NC2COC2)cc1.O=[N+]([O-])c1ccc(S(=O)(=O)NC2COC2)cc1. The maximum Gasteiger partial charge on any atom is 0.269 e. The number of ether oxygens (including phenoxy) is 2. The number of nitro groups is 1. The second-order valence-corrected chi connectivity index (χ2v) is 10.5. The Balaban J connectivity index is 0.000000182. The molecule has 4 N–H and O–H groups in total. The molecule has 174 valence electrons. The zero-order chi connectivity index (χ0) is 23.4. The number of hydrogen-bond donors (Lipinski definition) is 3. The number of nitrogens with two attached hydrogens (primary N) is 1. The van der Waals surface area contributed by atoms with E-state index in [1.54, 1.807) is 12.1 Å². The van der Waals surface area contributed by atoms with E-state index in [9.17, 15) is 26.9 Å². The molecule has 0 amide bonds. The van der Waals surface area contributed by atoms with E-state index >= 15 is 0 Å². The Morgan fingerprint density at radius 2 is 1.16 bits per heavy atom. The van der Waals surface area contributed by atoms with Crippen molar-refractivity contribution >= 4 is 31.4 Å². The summed E-state index contributed by atoms with van der Waals surface area (Å²) in [7, 11) is -7.04. The zero-order valence-corrected chi connectivity index (χ0v) is 18.3. The average Bonchev–Trinajstić information content (AvgIpc) is 2.69. The van der Waals surface area contributed by atoms with Crippen molar-refractivity contribution in [3.05, 3.63) is 58.6 Å². The number of non-ortho nitro benzene ring substituents is 1. The van der Waals surface area contributed by atoms with Crippen molar-refractivity contribution in [1.29, 1.82) is 0 Å². The van der Waals surface area contributed by atoms with Crippen LogP contribution in [0.4, 0.5) is 11.4 Å². The minimum atomic E-state index is -3.62. The van der Waals surface area contributed by atoms with Crippen LogP contribution in [-0.2, 0) is 29.5 Å². The maximum absolute atomic E-state index is 11.8. The number of rotatable bonds is 7. The molecule has 2 aromatic rings. The number of nitrogens with one attached hydrogen (secondary N) is 2. The Labute approximate surface area is 185 Å². The standard InChI is InChI=1S/C9H10N2O5S.C9H12N2O3S/c12-11(13)8-1-3-9(4-2-8)17(14,15)10-7-5-16-6-7;10-7-1-3-9(4-2-7)15(12,13)11-8-5-14-6-8/h1-4,7,10H,5-6H2;1-4,8,11H,5-6,10H2. The van der Waals surface area contributed by atoms with Crippen LogP contribution < -0.4 is 15.2 Å². The first-order chi connectivity index (χ1) is 15.1. The summed E-state index contributed by atoms with van der Waals surface area (Å²) in [5, 5.41) is 10.4. The molecule has 0 unspecified atom stereocenters. The molecular weight excluding hydrogens is 464 g/mol. The highest BCUT2D eigenvalue weighted by molar-refractivity contribution is 7.89. The van der Waals surface area contributed by atoms with E-state index in [1.807, 2.05) is 0 Å². The summed E-state index contributed by atoms with van der Waals surface area (Å²) in [4.78, 5) is 10.1. The van der Waals surface area contributed by atoms with Gasteiger partial charge in [0.15, 0.2) is 0 Å². The zero-order valence-electron chi connectivity index (χ0n) is 16.7. The van der Waals surface area contributed by atoms with Gasteiger partial charge in [0.05, 0.1) is 53.2 Å². The van der Waals surface area contributed by atoms with Crippen LogP contribution in [0.3, 0.4) is 0 Å². The van der Waals surface area contributed by atoms with Crippen molar-refractivity contribution in [2.75, 3.05) is 32.2 Å². The van der Waals surface area contributed by atoms with E-state index in [-0.39, 0.29) is 27.6 Å². The highest BCUT2D eigenvalue weighted by atomic mass is 32.2. The highest BCUT2D eigenvalue weighted by Crippen LogP contribution is 2.17. The van der Waals surface area contributed by atoms with Gasteiger partial charge in [-0.05, 0) is 36.4 Å². The molecule has 4 rings (SSSR count). The lowest BCUT2D eigenvalue weighted by Gasteiger charge is -2.26. The number of nitro benzene ring substituents is 1. The monoisotopic (exact) mass is 486 g/mol. The van der Waals surface area contributed by atoms with Crippen LogP contribution in [0.25, 0.3) is 0 Å². The molecule has 14 heteroatoms. The van der Waals surface area contributed by atoms with Crippen LogP contribution in [-0.4, -0.2) is 60.3 Å². The van der Waals surface area contributed by atoms with Crippen LogP contribution in [0.2, 0.25) is 0 Å². The van der Waals surface area contributed by atoms with E-state index in [0.29, 0.717) is 32.1 Å². The van der Waals surface area contributed by atoms with Crippen molar-refractivity contribution in [2.24, 2.45) is 0 Å². The molecule has 2 aliphatic rings. The summed E-state index contributed by atoms with van der Waals surface area (Å²) >= 11 is 0.